The quantitative estimate of drug-likeness (QED) is 0.794. The van der Waals surface area contributed by atoms with E-state index in [1.807, 2.05) is 0 Å². The molecule has 0 fully saturated rings. The second kappa shape index (κ2) is 5.28. The van der Waals surface area contributed by atoms with Gasteiger partial charge in [0.15, 0.2) is 11.6 Å². The van der Waals surface area contributed by atoms with Crippen molar-refractivity contribution in [2.24, 2.45) is 0 Å². The average Bonchev–Trinajstić information content (AvgIpc) is 2.33. The lowest BCUT2D eigenvalue weighted by molar-refractivity contribution is -0.137. The fraction of sp³-hybridized carbons (Fsp3) is 0.154. The molecule has 1 aromatic carbocycles. The molecule has 0 atom stereocenters. The Hall–Kier alpha value is -1.82. The first kappa shape index (κ1) is 14.6. The van der Waals surface area contributed by atoms with Crippen LogP contribution >= 0.6 is 11.6 Å². The third-order valence-electron chi connectivity index (χ3n) is 2.63. The lowest BCUT2D eigenvalue weighted by atomic mass is 10.1. The molecule has 0 aliphatic rings. The van der Waals surface area contributed by atoms with Crippen LogP contribution in [0.15, 0.2) is 30.5 Å². The highest BCUT2D eigenvalue weighted by Gasteiger charge is 2.30. The van der Waals surface area contributed by atoms with Gasteiger partial charge in [-0.2, -0.15) is 13.2 Å². The third-order valence-corrected chi connectivity index (χ3v) is 2.83. The predicted molar refractivity (Wildman–Crippen MR) is 68.7 cm³/mol. The van der Waals surface area contributed by atoms with E-state index >= 15 is 0 Å². The van der Waals surface area contributed by atoms with Gasteiger partial charge in [0.05, 0.1) is 10.6 Å². The summed E-state index contributed by atoms with van der Waals surface area (Å²) in [5, 5.41) is 2.64. The van der Waals surface area contributed by atoms with E-state index in [-0.39, 0.29) is 16.5 Å². The Bertz CT molecular complexity index is 641. The zero-order chi connectivity index (χ0) is 14.9. The van der Waals surface area contributed by atoms with Crippen LogP contribution in [0.5, 0.6) is 0 Å². The molecule has 0 unspecified atom stereocenters. The Labute approximate surface area is 117 Å². The number of nitrogens with one attached hydrogen (secondary N) is 1. The summed E-state index contributed by atoms with van der Waals surface area (Å²) in [6.45, 7) is 1.61. The summed E-state index contributed by atoms with van der Waals surface area (Å²) >= 11 is 5.56. The van der Waals surface area contributed by atoms with Crippen molar-refractivity contribution in [1.29, 1.82) is 0 Å². The van der Waals surface area contributed by atoms with Crippen LogP contribution in [0.25, 0.3) is 0 Å². The largest absolute Gasteiger partial charge is 0.416 e. The molecule has 20 heavy (non-hydrogen) atoms. The molecule has 106 valence electrons. The Morgan fingerprint density at radius 3 is 2.50 bits per heavy atom. The molecule has 2 rings (SSSR count). The minimum absolute atomic E-state index is 0.105. The molecule has 2 nitrogen and oxygen atoms in total. The summed E-state index contributed by atoms with van der Waals surface area (Å²) in [5.41, 5.74) is -0.150. The monoisotopic (exact) mass is 304 g/mol. The minimum Gasteiger partial charge on any atom is -0.338 e. The summed E-state index contributed by atoms with van der Waals surface area (Å²) in [5.74, 6) is -0.925. The molecule has 0 saturated carbocycles. The van der Waals surface area contributed by atoms with Gasteiger partial charge < -0.3 is 5.32 Å². The van der Waals surface area contributed by atoms with Crippen molar-refractivity contribution in [2.45, 2.75) is 13.1 Å². The second-order valence-electron chi connectivity index (χ2n) is 4.14. The molecule has 1 aromatic heterocycles. The number of anilines is 2. The van der Waals surface area contributed by atoms with Crippen LogP contribution in [0.4, 0.5) is 29.1 Å². The number of benzene rings is 1. The number of pyridine rings is 1. The maximum atomic E-state index is 13.6. The van der Waals surface area contributed by atoms with Crippen molar-refractivity contribution in [3.8, 4) is 0 Å². The van der Waals surface area contributed by atoms with Crippen LogP contribution < -0.4 is 5.32 Å². The van der Waals surface area contributed by atoms with E-state index < -0.39 is 17.6 Å². The lowest BCUT2D eigenvalue weighted by Crippen LogP contribution is -2.06. The molecule has 0 aliphatic carbocycles. The molecule has 0 bridgehead atoms. The van der Waals surface area contributed by atoms with Crippen molar-refractivity contribution >= 4 is 23.1 Å². The number of rotatable bonds is 2. The van der Waals surface area contributed by atoms with Gasteiger partial charge >= 0.3 is 6.18 Å². The highest BCUT2D eigenvalue weighted by molar-refractivity contribution is 6.30. The normalized spacial score (nSPS) is 11.5. The first-order chi connectivity index (χ1) is 9.27. The fourth-order valence-electron chi connectivity index (χ4n) is 1.57. The average molecular weight is 305 g/mol. The van der Waals surface area contributed by atoms with Gasteiger partial charge in [0, 0.05) is 11.9 Å². The maximum Gasteiger partial charge on any atom is 0.416 e. The number of aromatic nitrogens is 1. The number of halogens is 5. The Balaban J connectivity index is 2.38. The third kappa shape index (κ3) is 3.19. The topological polar surface area (TPSA) is 24.9 Å². The van der Waals surface area contributed by atoms with Crippen LogP contribution in [0.1, 0.15) is 11.1 Å². The fourth-order valence-corrected chi connectivity index (χ4v) is 1.71. The van der Waals surface area contributed by atoms with Crippen LogP contribution in [0.3, 0.4) is 0 Å². The first-order valence-electron chi connectivity index (χ1n) is 5.53. The van der Waals surface area contributed by atoms with Gasteiger partial charge in [-0.15, -0.1) is 0 Å². The summed E-state index contributed by atoms with van der Waals surface area (Å²) < 4.78 is 51.5. The van der Waals surface area contributed by atoms with E-state index in [0.29, 0.717) is 5.56 Å². The Morgan fingerprint density at radius 2 is 1.90 bits per heavy atom. The second-order valence-corrected chi connectivity index (χ2v) is 4.57. The van der Waals surface area contributed by atoms with Crippen LogP contribution in [0.2, 0.25) is 5.02 Å². The number of nitrogens with zero attached hydrogens (tertiary/aromatic N) is 1. The van der Waals surface area contributed by atoms with E-state index in [2.05, 4.69) is 10.3 Å². The van der Waals surface area contributed by atoms with Crippen molar-refractivity contribution in [1.82, 2.24) is 4.98 Å². The molecule has 1 heterocycles. The van der Waals surface area contributed by atoms with E-state index in [0.717, 1.165) is 18.2 Å². The zero-order valence-electron chi connectivity index (χ0n) is 10.2. The molecule has 0 amide bonds. The summed E-state index contributed by atoms with van der Waals surface area (Å²) in [7, 11) is 0. The molecule has 7 heteroatoms. The molecule has 0 radical (unpaired) electrons. The van der Waals surface area contributed by atoms with Crippen molar-refractivity contribution in [3.05, 3.63) is 52.4 Å². The minimum atomic E-state index is -4.46. The van der Waals surface area contributed by atoms with Gasteiger partial charge in [0.25, 0.3) is 0 Å². The Kier molecular flexibility index (Phi) is 3.85. The number of alkyl halides is 3. The SMILES string of the molecule is Cc1ccc(C(F)(F)F)cc1Nc1ncc(Cl)cc1F. The highest BCUT2D eigenvalue weighted by Crippen LogP contribution is 2.33. The maximum absolute atomic E-state index is 13.6. The predicted octanol–water partition coefficient (Wildman–Crippen LogP) is 4.94. The molecule has 0 spiro atoms. The first-order valence-corrected chi connectivity index (χ1v) is 5.91. The van der Waals surface area contributed by atoms with Gasteiger partial charge in [-0.1, -0.05) is 17.7 Å². The molecule has 1 N–H and O–H groups in total. The van der Waals surface area contributed by atoms with Crippen molar-refractivity contribution < 1.29 is 17.6 Å². The van der Waals surface area contributed by atoms with Crippen LogP contribution in [0, 0.1) is 12.7 Å². The van der Waals surface area contributed by atoms with Crippen LogP contribution in [-0.2, 0) is 6.18 Å². The van der Waals surface area contributed by atoms with Gasteiger partial charge in [0.2, 0.25) is 0 Å². The van der Waals surface area contributed by atoms with E-state index in [9.17, 15) is 17.6 Å². The van der Waals surface area contributed by atoms with Crippen molar-refractivity contribution in [2.75, 3.05) is 5.32 Å². The number of hydrogen-bond donors (Lipinski definition) is 1. The van der Waals surface area contributed by atoms with Gasteiger partial charge in [-0.25, -0.2) is 9.37 Å². The molecule has 0 saturated heterocycles. The smallest absolute Gasteiger partial charge is 0.338 e. The summed E-state index contributed by atoms with van der Waals surface area (Å²) in [6, 6.07) is 4.20. The highest BCUT2D eigenvalue weighted by atomic mass is 35.5. The Morgan fingerprint density at radius 1 is 1.20 bits per heavy atom. The molecular weight excluding hydrogens is 296 g/mol. The lowest BCUT2D eigenvalue weighted by Gasteiger charge is -2.13. The van der Waals surface area contributed by atoms with Crippen LogP contribution in [-0.4, -0.2) is 4.98 Å². The van der Waals surface area contributed by atoms with E-state index in [4.69, 9.17) is 11.6 Å². The van der Waals surface area contributed by atoms with Gasteiger partial charge in [-0.3, -0.25) is 0 Å². The number of hydrogen-bond acceptors (Lipinski definition) is 2. The van der Waals surface area contributed by atoms with Gasteiger partial charge in [0.1, 0.15) is 0 Å². The molecule has 2 aromatic rings. The molecular formula is C13H9ClF4N2. The summed E-state index contributed by atoms with van der Waals surface area (Å²) in [4.78, 5) is 3.71. The standard InChI is InChI=1S/C13H9ClF4N2/c1-7-2-3-8(13(16,17)18)4-11(7)20-12-10(15)5-9(14)6-19-12/h2-6H,1H3,(H,19,20). The van der Waals surface area contributed by atoms with E-state index in [1.54, 1.807) is 6.92 Å². The van der Waals surface area contributed by atoms with Gasteiger partial charge in [-0.05, 0) is 30.7 Å². The summed E-state index contributed by atoms with van der Waals surface area (Å²) in [6.07, 6.45) is -3.26. The van der Waals surface area contributed by atoms with E-state index in [1.165, 1.54) is 12.3 Å². The van der Waals surface area contributed by atoms with Crippen molar-refractivity contribution in [3.63, 3.8) is 0 Å². The molecule has 0 aliphatic heterocycles. The number of aryl methyl sites for hydroxylation is 1. The zero-order valence-corrected chi connectivity index (χ0v) is 11.0.